The molecule has 0 aliphatic heterocycles. The maximum Gasteiger partial charge on any atom is 0.254 e. The molecule has 1 N–H and O–H groups in total. The minimum atomic E-state index is -0.286. The van der Waals surface area contributed by atoms with Crippen molar-refractivity contribution in [2.24, 2.45) is 0 Å². The zero-order valence-corrected chi connectivity index (χ0v) is 9.73. The first-order chi connectivity index (χ1) is 8.08. The van der Waals surface area contributed by atoms with Gasteiger partial charge >= 0.3 is 0 Å². The highest BCUT2D eigenvalue weighted by molar-refractivity contribution is 5.96. The summed E-state index contributed by atoms with van der Waals surface area (Å²) >= 11 is 0. The Morgan fingerprint density at radius 2 is 2.18 bits per heavy atom. The van der Waals surface area contributed by atoms with Crippen LogP contribution in [-0.2, 0) is 4.79 Å². The molecule has 2 amide bonds. The van der Waals surface area contributed by atoms with Gasteiger partial charge in [-0.15, -0.1) is 0 Å². The Hall–Kier alpha value is -2.35. The monoisotopic (exact) mass is 231 g/mol. The average Bonchev–Trinajstić information content (AvgIpc) is 2.37. The molecule has 0 fully saturated rings. The van der Waals surface area contributed by atoms with E-state index in [4.69, 9.17) is 5.26 Å². The van der Waals surface area contributed by atoms with Gasteiger partial charge in [0.25, 0.3) is 5.91 Å². The molecular formula is C12H13N3O2. The highest BCUT2D eigenvalue weighted by atomic mass is 16.2. The number of benzene rings is 1. The summed E-state index contributed by atoms with van der Waals surface area (Å²) in [6.07, 6.45) is 0. The highest BCUT2D eigenvalue weighted by Gasteiger charge is 2.14. The molecule has 0 radical (unpaired) electrons. The lowest BCUT2D eigenvalue weighted by molar-refractivity contribution is -0.121. The molecule has 1 rings (SSSR count). The molecule has 5 heteroatoms. The van der Waals surface area contributed by atoms with Gasteiger partial charge in [0.2, 0.25) is 5.91 Å². The van der Waals surface area contributed by atoms with Crippen molar-refractivity contribution < 1.29 is 9.59 Å². The molecule has 0 bridgehead atoms. The Balaban J connectivity index is 2.82. The van der Waals surface area contributed by atoms with Crippen molar-refractivity contribution in [1.82, 2.24) is 10.2 Å². The molecule has 0 saturated heterocycles. The standard InChI is InChI=1S/C12H13N3O2/c1-14-11(16)8-15(2)12(17)10-5-3-4-9(6-10)7-13/h3-6H,8H2,1-2H3,(H,14,16). The number of amides is 2. The van der Waals surface area contributed by atoms with Crippen LogP contribution in [-0.4, -0.2) is 37.4 Å². The fraction of sp³-hybridized carbons (Fsp3) is 0.250. The summed E-state index contributed by atoms with van der Waals surface area (Å²) in [6, 6.07) is 8.34. The maximum atomic E-state index is 11.9. The van der Waals surface area contributed by atoms with Crippen molar-refractivity contribution in [2.75, 3.05) is 20.6 Å². The number of nitrogens with one attached hydrogen (secondary N) is 1. The molecule has 0 unspecified atom stereocenters. The summed E-state index contributed by atoms with van der Waals surface area (Å²) in [5.74, 6) is -0.525. The van der Waals surface area contributed by atoms with Crippen molar-refractivity contribution in [3.05, 3.63) is 35.4 Å². The topological polar surface area (TPSA) is 73.2 Å². The first kappa shape index (κ1) is 12.7. The van der Waals surface area contributed by atoms with Crippen LogP contribution >= 0.6 is 0 Å². The van der Waals surface area contributed by atoms with Crippen LogP contribution in [0, 0.1) is 11.3 Å². The number of carbonyl (C=O) groups excluding carboxylic acids is 2. The van der Waals surface area contributed by atoms with E-state index in [-0.39, 0.29) is 18.4 Å². The van der Waals surface area contributed by atoms with Crippen LogP contribution in [0.1, 0.15) is 15.9 Å². The van der Waals surface area contributed by atoms with Crippen LogP contribution in [0.3, 0.4) is 0 Å². The maximum absolute atomic E-state index is 11.9. The normalized spacial score (nSPS) is 9.24. The molecule has 0 spiro atoms. The smallest absolute Gasteiger partial charge is 0.254 e. The van der Waals surface area contributed by atoms with Gasteiger partial charge in [-0.1, -0.05) is 6.07 Å². The van der Waals surface area contributed by atoms with E-state index in [0.29, 0.717) is 11.1 Å². The lowest BCUT2D eigenvalue weighted by Gasteiger charge is -2.16. The van der Waals surface area contributed by atoms with E-state index >= 15 is 0 Å². The molecule has 0 aliphatic carbocycles. The molecular weight excluding hydrogens is 218 g/mol. The molecule has 5 nitrogen and oxygen atoms in total. The minimum absolute atomic E-state index is 0.00782. The fourth-order valence-electron chi connectivity index (χ4n) is 1.31. The third-order valence-corrected chi connectivity index (χ3v) is 2.24. The zero-order chi connectivity index (χ0) is 12.8. The Kier molecular flexibility index (Phi) is 4.23. The Labute approximate surface area is 99.6 Å². The molecule has 0 saturated carbocycles. The third-order valence-electron chi connectivity index (χ3n) is 2.24. The predicted molar refractivity (Wildman–Crippen MR) is 62.2 cm³/mol. The Morgan fingerprint density at radius 1 is 1.47 bits per heavy atom. The third kappa shape index (κ3) is 3.31. The summed E-state index contributed by atoms with van der Waals surface area (Å²) in [7, 11) is 3.05. The number of nitriles is 1. The van der Waals surface area contributed by atoms with Crippen LogP contribution in [0.4, 0.5) is 0 Å². The van der Waals surface area contributed by atoms with E-state index < -0.39 is 0 Å². The Morgan fingerprint density at radius 3 is 2.76 bits per heavy atom. The molecule has 88 valence electrons. The van der Waals surface area contributed by atoms with Crippen molar-refractivity contribution >= 4 is 11.8 Å². The fourth-order valence-corrected chi connectivity index (χ4v) is 1.31. The van der Waals surface area contributed by atoms with Crippen LogP contribution in [0.5, 0.6) is 0 Å². The lowest BCUT2D eigenvalue weighted by Crippen LogP contribution is -2.36. The average molecular weight is 231 g/mol. The van der Waals surface area contributed by atoms with Gasteiger partial charge in [0.15, 0.2) is 0 Å². The summed E-state index contributed by atoms with van der Waals surface area (Å²) < 4.78 is 0. The first-order valence-corrected chi connectivity index (χ1v) is 5.04. The van der Waals surface area contributed by atoms with Gasteiger partial charge in [0.1, 0.15) is 0 Å². The predicted octanol–water partition coefficient (Wildman–Crippen LogP) is 0.376. The highest BCUT2D eigenvalue weighted by Crippen LogP contribution is 2.06. The molecule has 0 aliphatic rings. The first-order valence-electron chi connectivity index (χ1n) is 5.04. The van der Waals surface area contributed by atoms with Gasteiger partial charge in [-0.05, 0) is 18.2 Å². The van der Waals surface area contributed by atoms with E-state index in [2.05, 4.69) is 5.32 Å². The number of carbonyl (C=O) groups is 2. The van der Waals surface area contributed by atoms with Crippen molar-refractivity contribution in [1.29, 1.82) is 5.26 Å². The quantitative estimate of drug-likeness (QED) is 0.817. The number of nitrogens with zero attached hydrogens (tertiary/aromatic N) is 2. The van der Waals surface area contributed by atoms with Gasteiger partial charge in [0.05, 0.1) is 18.2 Å². The van der Waals surface area contributed by atoms with E-state index in [1.54, 1.807) is 18.2 Å². The molecule has 0 atom stereocenters. The van der Waals surface area contributed by atoms with Crippen LogP contribution in [0.15, 0.2) is 24.3 Å². The van der Waals surface area contributed by atoms with Gasteiger partial charge in [-0.2, -0.15) is 5.26 Å². The van der Waals surface area contributed by atoms with Gasteiger partial charge in [-0.3, -0.25) is 9.59 Å². The van der Waals surface area contributed by atoms with Gasteiger partial charge < -0.3 is 10.2 Å². The zero-order valence-electron chi connectivity index (χ0n) is 9.73. The molecule has 17 heavy (non-hydrogen) atoms. The van der Waals surface area contributed by atoms with Crippen LogP contribution in [0.25, 0.3) is 0 Å². The number of likely N-dealkylation sites (N-methyl/N-ethyl adjacent to an activating group) is 2. The second-order valence-electron chi connectivity index (χ2n) is 3.53. The molecule has 1 aromatic rings. The summed E-state index contributed by atoms with van der Waals surface area (Å²) in [6.45, 7) is -0.00782. The minimum Gasteiger partial charge on any atom is -0.358 e. The molecule has 1 aromatic carbocycles. The van der Waals surface area contributed by atoms with Gasteiger partial charge in [-0.25, -0.2) is 0 Å². The van der Waals surface area contributed by atoms with E-state index in [0.717, 1.165) is 0 Å². The largest absolute Gasteiger partial charge is 0.358 e. The second-order valence-corrected chi connectivity index (χ2v) is 3.53. The van der Waals surface area contributed by atoms with Gasteiger partial charge in [0, 0.05) is 19.7 Å². The van der Waals surface area contributed by atoms with Crippen LogP contribution < -0.4 is 5.32 Å². The summed E-state index contributed by atoms with van der Waals surface area (Å²) in [5, 5.41) is 11.2. The van der Waals surface area contributed by atoms with Crippen molar-refractivity contribution in [2.45, 2.75) is 0 Å². The summed E-state index contributed by atoms with van der Waals surface area (Å²) in [4.78, 5) is 24.3. The van der Waals surface area contributed by atoms with E-state index in [9.17, 15) is 9.59 Å². The number of hydrogen-bond acceptors (Lipinski definition) is 3. The van der Waals surface area contributed by atoms with Crippen molar-refractivity contribution in [3.8, 4) is 6.07 Å². The number of rotatable bonds is 3. The second kappa shape index (κ2) is 5.66. The summed E-state index contributed by atoms with van der Waals surface area (Å²) in [5.41, 5.74) is 0.819. The number of hydrogen-bond donors (Lipinski definition) is 1. The van der Waals surface area contributed by atoms with Crippen LogP contribution in [0.2, 0.25) is 0 Å². The Bertz CT molecular complexity index is 477. The van der Waals surface area contributed by atoms with Crippen molar-refractivity contribution in [3.63, 3.8) is 0 Å². The lowest BCUT2D eigenvalue weighted by atomic mass is 10.1. The van der Waals surface area contributed by atoms with E-state index in [1.165, 1.54) is 25.1 Å². The SMILES string of the molecule is CNC(=O)CN(C)C(=O)c1cccc(C#N)c1. The van der Waals surface area contributed by atoms with E-state index in [1.807, 2.05) is 6.07 Å². The molecule has 0 aromatic heterocycles. The molecule has 0 heterocycles.